The van der Waals surface area contributed by atoms with Crippen LogP contribution in [0.3, 0.4) is 0 Å². The monoisotopic (exact) mass is 232 g/mol. The number of cyclic esters (lactones) is 2. The van der Waals surface area contributed by atoms with E-state index in [4.69, 9.17) is 0 Å². The van der Waals surface area contributed by atoms with Gasteiger partial charge in [-0.25, -0.2) is 14.4 Å². The van der Waals surface area contributed by atoms with Crippen molar-refractivity contribution in [3.8, 4) is 0 Å². The van der Waals surface area contributed by atoms with Crippen LogP contribution in [0.25, 0.3) is 5.57 Å². The molecule has 1 aliphatic heterocycles. The summed E-state index contributed by atoms with van der Waals surface area (Å²) in [6.45, 7) is 3.55. The van der Waals surface area contributed by atoms with E-state index in [2.05, 4.69) is 16.1 Å². The zero-order valence-electron chi connectivity index (χ0n) is 8.98. The summed E-state index contributed by atoms with van der Waals surface area (Å²) < 4.78 is 8.94. The zero-order valence-corrected chi connectivity index (χ0v) is 8.98. The average molecular weight is 232 g/mol. The predicted molar refractivity (Wildman–Crippen MR) is 57.2 cm³/mol. The SMILES string of the molecule is C=C(C(=O)OC)c1ccc2c(c1)C(=O)OC2=O. The molecule has 0 atom stereocenters. The lowest BCUT2D eigenvalue weighted by molar-refractivity contribution is -0.133. The van der Waals surface area contributed by atoms with E-state index in [-0.39, 0.29) is 16.7 Å². The summed E-state index contributed by atoms with van der Waals surface area (Å²) in [5.74, 6) is -1.99. The van der Waals surface area contributed by atoms with Crippen LogP contribution in [0.2, 0.25) is 0 Å². The third-order valence-corrected chi connectivity index (χ3v) is 2.43. The lowest BCUT2D eigenvalue weighted by atomic mass is 10.0. The lowest BCUT2D eigenvalue weighted by Gasteiger charge is -2.04. The van der Waals surface area contributed by atoms with Gasteiger partial charge in [-0.3, -0.25) is 0 Å². The third kappa shape index (κ3) is 1.71. The van der Waals surface area contributed by atoms with E-state index in [0.717, 1.165) is 0 Å². The van der Waals surface area contributed by atoms with Crippen LogP contribution in [0.1, 0.15) is 26.3 Å². The van der Waals surface area contributed by atoms with Gasteiger partial charge >= 0.3 is 17.9 Å². The van der Waals surface area contributed by atoms with Crippen molar-refractivity contribution >= 4 is 23.5 Å². The van der Waals surface area contributed by atoms with Gasteiger partial charge in [0.15, 0.2) is 0 Å². The highest BCUT2D eigenvalue weighted by atomic mass is 16.6. The molecule has 86 valence electrons. The van der Waals surface area contributed by atoms with E-state index < -0.39 is 17.9 Å². The molecule has 0 aliphatic carbocycles. The Morgan fingerprint density at radius 3 is 2.53 bits per heavy atom. The Morgan fingerprint density at radius 2 is 1.88 bits per heavy atom. The maximum absolute atomic E-state index is 11.3. The largest absolute Gasteiger partial charge is 0.465 e. The van der Waals surface area contributed by atoms with E-state index in [9.17, 15) is 14.4 Å². The zero-order chi connectivity index (χ0) is 12.6. The van der Waals surface area contributed by atoms with Crippen molar-refractivity contribution in [1.29, 1.82) is 0 Å². The number of fused-ring (bicyclic) bond motifs is 1. The van der Waals surface area contributed by atoms with Crippen molar-refractivity contribution < 1.29 is 23.9 Å². The standard InChI is InChI=1S/C12H8O5/c1-6(10(13)16-2)7-3-4-8-9(5-7)12(15)17-11(8)14/h3-5H,1H2,2H3. The summed E-state index contributed by atoms with van der Waals surface area (Å²) in [5.41, 5.74) is 0.860. The van der Waals surface area contributed by atoms with Crippen LogP contribution in [-0.2, 0) is 14.3 Å². The first-order valence-corrected chi connectivity index (χ1v) is 4.72. The highest BCUT2D eigenvalue weighted by Gasteiger charge is 2.30. The van der Waals surface area contributed by atoms with Crippen molar-refractivity contribution in [2.45, 2.75) is 0 Å². The normalized spacial score (nSPS) is 13.0. The van der Waals surface area contributed by atoms with Crippen LogP contribution in [0.5, 0.6) is 0 Å². The van der Waals surface area contributed by atoms with E-state index in [0.29, 0.717) is 5.56 Å². The minimum Gasteiger partial charge on any atom is -0.465 e. The third-order valence-electron chi connectivity index (χ3n) is 2.43. The molecule has 1 aromatic carbocycles. The molecule has 5 heteroatoms. The van der Waals surface area contributed by atoms with Crippen molar-refractivity contribution in [2.24, 2.45) is 0 Å². The molecule has 1 aliphatic rings. The second-order valence-corrected chi connectivity index (χ2v) is 3.41. The first kappa shape index (κ1) is 11.1. The Morgan fingerprint density at radius 1 is 1.24 bits per heavy atom. The molecule has 0 spiro atoms. The molecule has 1 aromatic rings. The quantitative estimate of drug-likeness (QED) is 0.435. The number of esters is 3. The second-order valence-electron chi connectivity index (χ2n) is 3.41. The van der Waals surface area contributed by atoms with Crippen LogP contribution in [0.15, 0.2) is 24.8 Å². The molecule has 0 unspecified atom stereocenters. The van der Waals surface area contributed by atoms with E-state index >= 15 is 0 Å². The molecule has 2 rings (SSSR count). The number of benzene rings is 1. The fourth-order valence-corrected chi connectivity index (χ4v) is 1.51. The molecule has 17 heavy (non-hydrogen) atoms. The predicted octanol–water partition coefficient (Wildman–Crippen LogP) is 1.18. The molecule has 0 radical (unpaired) electrons. The van der Waals surface area contributed by atoms with Gasteiger partial charge in [0, 0.05) is 0 Å². The number of carbonyl (C=O) groups is 3. The van der Waals surface area contributed by atoms with Gasteiger partial charge in [0.05, 0.1) is 23.8 Å². The van der Waals surface area contributed by atoms with Gasteiger partial charge in [-0.1, -0.05) is 12.6 Å². The van der Waals surface area contributed by atoms with Crippen LogP contribution in [-0.4, -0.2) is 25.0 Å². The number of methoxy groups -OCH3 is 1. The number of carbonyl (C=O) groups excluding carboxylic acids is 3. The molecule has 0 fully saturated rings. The summed E-state index contributed by atoms with van der Waals surface area (Å²) in [5, 5.41) is 0. The highest BCUT2D eigenvalue weighted by Crippen LogP contribution is 2.24. The number of ether oxygens (including phenoxy) is 2. The molecule has 5 nitrogen and oxygen atoms in total. The fraction of sp³-hybridized carbons (Fsp3) is 0.0833. The first-order valence-electron chi connectivity index (χ1n) is 4.72. The van der Waals surface area contributed by atoms with Gasteiger partial charge < -0.3 is 9.47 Å². The van der Waals surface area contributed by atoms with Gasteiger partial charge in [-0.05, 0) is 17.7 Å². The Balaban J connectivity index is 2.45. The Bertz CT molecular complexity index is 556. The maximum atomic E-state index is 11.3. The van der Waals surface area contributed by atoms with Gasteiger partial charge in [0.2, 0.25) is 0 Å². The fourth-order valence-electron chi connectivity index (χ4n) is 1.51. The topological polar surface area (TPSA) is 69.7 Å². The maximum Gasteiger partial charge on any atom is 0.346 e. The highest BCUT2D eigenvalue weighted by molar-refractivity contribution is 6.18. The molecule has 0 bridgehead atoms. The van der Waals surface area contributed by atoms with Crippen molar-refractivity contribution in [1.82, 2.24) is 0 Å². The molecule has 0 N–H and O–H groups in total. The number of hydrogen-bond acceptors (Lipinski definition) is 5. The van der Waals surface area contributed by atoms with Crippen LogP contribution in [0.4, 0.5) is 0 Å². The van der Waals surface area contributed by atoms with Crippen LogP contribution < -0.4 is 0 Å². The van der Waals surface area contributed by atoms with Crippen LogP contribution in [0, 0.1) is 0 Å². The first-order chi connectivity index (χ1) is 8.04. The summed E-state index contributed by atoms with van der Waals surface area (Å²) in [7, 11) is 1.23. The summed E-state index contributed by atoms with van der Waals surface area (Å²) >= 11 is 0. The minimum absolute atomic E-state index is 0.113. The van der Waals surface area contributed by atoms with E-state index in [1.54, 1.807) is 0 Å². The molecule has 0 saturated carbocycles. The van der Waals surface area contributed by atoms with Crippen LogP contribution >= 0.6 is 0 Å². The molecule has 0 aromatic heterocycles. The van der Waals surface area contributed by atoms with Gasteiger partial charge in [0.25, 0.3) is 0 Å². The van der Waals surface area contributed by atoms with Gasteiger partial charge in [-0.15, -0.1) is 0 Å². The van der Waals surface area contributed by atoms with Gasteiger partial charge in [-0.2, -0.15) is 0 Å². The van der Waals surface area contributed by atoms with E-state index in [1.807, 2.05) is 0 Å². The molecule has 1 heterocycles. The molecule has 0 saturated heterocycles. The summed E-state index contributed by atoms with van der Waals surface area (Å²) in [6.07, 6.45) is 0. The number of hydrogen-bond donors (Lipinski definition) is 0. The van der Waals surface area contributed by atoms with Crippen molar-refractivity contribution in [3.63, 3.8) is 0 Å². The smallest absolute Gasteiger partial charge is 0.346 e. The molecular weight excluding hydrogens is 224 g/mol. The molecular formula is C12H8O5. The van der Waals surface area contributed by atoms with E-state index in [1.165, 1.54) is 25.3 Å². The second kappa shape index (κ2) is 3.86. The average Bonchev–Trinajstić information content (AvgIpc) is 2.62. The van der Waals surface area contributed by atoms with Gasteiger partial charge in [0.1, 0.15) is 0 Å². The molecule has 0 amide bonds. The Labute approximate surface area is 96.6 Å². The number of rotatable bonds is 2. The lowest BCUT2D eigenvalue weighted by Crippen LogP contribution is -2.03. The van der Waals surface area contributed by atoms with Crippen molar-refractivity contribution in [2.75, 3.05) is 7.11 Å². The summed E-state index contributed by atoms with van der Waals surface area (Å²) in [6, 6.07) is 4.33. The Kier molecular flexibility index (Phi) is 2.51. The van der Waals surface area contributed by atoms with Crippen molar-refractivity contribution in [3.05, 3.63) is 41.5 Å². The minimum atomic E-state index is -0.718. The Hall–Kier alpha value is -2.43. The summed E-state index contributed by atoms with van der Waals surface area (Å²) in [4.78, 5) is 33.7.